The predicted octanol–water partition coefficient (Wildman–Crippen LogP) is 4.27. The molecule has 0 bridgehead atoms. The molecule has 114 valence electrons. The highest BCUT2D eigenvalue weighted by atomic mass is 127. The van der Waals surface area contributed by atoms with Gasteiger partial charge in [-0.3, -0.25) is 4.98 Å². The Labute approximate surface area is 142 Å². The van der Waals surface area contributed by atoms with Crippen LogP contribution in [0.25, 0.3) is 10.9 Å². The van der Waals surface area contributed by atoms with Crippen molar-refractivity contribution in [3.05, 3.63) is 33.0 Å². The molecule has 2 aromatic rings. The minimum Gasteiger partial charge on any atom is -0.485 e. The van der Waals surface area contributed by atoms with Gasteiger partial charge in [0.05, 0.1) is 8.59 Å². The Balaban J connectivity index is 2.25. The van der Waals surface area contributed by atoms with Crippen molar-refractivity contribution in [3.8, 4) is 5.75 Å². The van der Waals surface area contributed by atoms with E-state index in [9.17, 15) is 0 Å². The summed E-state index contributed by atoms with van der Waals surface area (Å²) in [5.74, 6) is 0.708. The average molecular weight is 422 g/mol. The number of nitrogens with zero attached hydrogens (tertiary/aromatic N) is 1. The van der Waals surface area contributed by atoms with Gasteiger partial charge in [0, 0.05) is 24.8 Å². The third-order valence-corrected chi connectivity index (χ3v) is 3.93. The molecule has 0 spiro atoms. The Bertz CT molecular complexity index is 603. The first-order valence-corrected chi connectivity index (χ1v) is 8.21. The normalized spacial score (nSPS) is 11.3. The van der Waals surface area contributed by atoms with Crippen molar-refractivity contribution in [2.45, 2.75) is 20.1 Å². The molecule has 6 heteroatoms. The summed E-state index contributed by atoms with van der Waals surface area (Å²) in [6, 6.07) is 5.65. The fourth-order valence-electron chi connectivity index (χ4n) is 1.95. The molecular formula is C15H17ClINO3. The number of pyridine rings is 1. The summed E-state index contributed by atoms with van der Waals surface area (Å²) < 4.78 is 17.8. The minimum atomic E-state index is -0.384. The van der Waals surface area contributed by atoms with Crippen LogP contribution in [0.3, 0.4) is 0 Å². The largest absolute Gasteiger partial charge is 0.485 e. The Morgan fingerprint density at radius 1 is 1.29 bits per heavy atom. The van der Waals surface area contributed by atoms with Crippen molar-refractivity contribution in [2.24, 2.45) is 0 Å². The van der Waals surface area contributed by atoms with E-state index in [1.165, 1.54) is 0 Å². The highest BCUT2D eigenvalue weighted by Crippen LogP contribution is 2.34. The maximum absolute atomic E-state index is 6.25. The molecule has 0 saturated carbocycles. The predicted molar refractivity (Wildman–Crippen MR) is 92.0 cm³/mol. The van der Waals surface area contributed by atoms with Gasteiger partial charge in [-0.05, 0) is 54.6 Å². The van der Waals surface area contributed by atoms with Gasteiger partial charge in [-0.15, -0.1) is 0 Å². The molecule has 0 aliphatic carbocycles. The molecule has 21 heavy (non-hydrogen) atoms. The van der Waals surface area contributed by atoms with E-state index in [1.807, 2.05) is 32.0 Å². The molecular weight excluding hydrogens is 405 g/mol. The Hall–Kier alpha value is -0.630. The van der Waals surface area contributed by atoms with E-state index in [2.05, 4.69) is 27.6 Å². The molecule has 0 aliphatic rings. The van der Waals surface area contributed by atoms with E-state index >= 15 is 0 Å². The summed E-state index contributed by atoms with van der Waals surface area (Å²) in [5.41, 5.74) is 0.751. The molecule has 1 aromatic heterocycles. The number of hydrogen-bond acceptors (Lipinski definition) is 4. The van der Waals surface area contributed by atoms with Crippen LogP contribution in [0.1, 0.15) is 13.8 Å². The molecule has 0 atom stereocenters. The molecule has 0 unspecified atom stereocenters. The molecule has 1 heterocycles. The van der Waals surface area contributed by atoms with Crippen molar-refractivity contribution in [2.75, 3.05) is 19.8 Å². The van der Waals surface area contributed by atoms with Gasteiger partial charge in [0.15, 0.2) is 12.0 Å². The van der Waals surface area contributed by atoms with Crippen molar-refractivity contribution in [1.82, 2.24) is 4.98 Å². The Kier molecular flexibility index (Phi) is 6.47. The van der Waals surface area contributed by atoms with Crippen molar-refractivity contribution in [1.29, 1.82) is 0 Å². The van der Waals surface area contributed by atoms with Gasteiger partial charge >= 0.3 is 0 Å². The summed E-state index contributed by atoms with van der Waals surface area (Å²) in [5, 5.41) is 1.54. The number of halogens is 2. The van der Waals surface area contributed by atoms with Crippen LogP contribution in [-0.4, -0.2) is 31.1 Å². The Morgan fingerprint density at radius 2 is 2.00 bits per heavy atom. The van der Waals surface area contributed by atoms with Gasteiger partial charge in [0.25, 0.3) is 0 Å². The third-order valence-electron chi connectivity index (χ3n) is 2.82. The maximum atomic E-state index is 6.25. The first kappa shape index (κ1) is 16.7. The quantitative estimate of drug-likeness (QED) is 0.494. The van der Waals surface area contributed by atoms with Gasteiger partial charge in [0.1, 0.15) is 12.1 Å². The van der Waals surface area contributed by atoms with Crippen LogP contribution in [0.15, 0.2) is 24.4 Å². The molecule has 1 aromatic carbocycles. The fourth-order valence-corrected chi connectivity index (χ4v) is 3.12. The SMILES string of the molecule is CCOC(COc1c(I)cc(Cl)c2cccnc12)OCC. The highest BCUT2D eigenvalue weighted by Gasteiger charge is 2.15. The molecule has 0 fully saturated rings. The molecule has 4 nitrogen and oxygen atoms in total. The van der Waals surface area contributed by atoms with E-state index in [1.54, 1.807) is 6.20 Å². The van der Waals surface area contributed by atoms with Crippen LogP contribution in [0.2, 0.25) is 5.02 Å². The number of hydrogen-bond donors (Lipinski definition) is 0. The van der Waals surface area contributed by atoms with Crippen molar-refractivity contribution < 1.29 is 14.2 Å². The standard InChI is InChI=1S/C15H17ClINO3/c1-3-19-13(20-4-2)9-21-15-12(17)8-11(16)10-6-5-7-18-14(10)15/h5-8,13H,3-4,9H2,1-2H3. The van der Waals surface area contributed by atoms with E-state index in [-0.39, 0.29) is 6.29 Å². The van der Waals surface area contributed by atoms with Gasteiger partial charge in [0.2, 0.25) is 0 Å². The number of rotatable bonds is 7. The van der Waals surface area contributed by atoms with Gasteiger partial charge in [-0.2, -0.15) is 0 Å². The van der Waals surface area contributed by atoms with E-state index in [0.29, 0.717) is 30.6 Å². The van der Waals surface area contributed by atoms with Gasteiger partial charge < -0.3 is 14.2 Å². The van der Waals surface area contributed by atoms with Crippen LogP contribution in [0.4, 0.5) is 0 Å². The summed E-state index contributed by atoms with van der Waals surface area (Å²) in [6.45, 7) is 5.31. The second-order valence-corrected chi connectivity index (χ2v) is 5.79. The van der Waals surface area contributed by atoms with E-state index in [0.717, 1.165) is 14.5 Å². The lowest BCUT2D eigenvalue weighted by Gasteiger charge is -2.19. The molecule has 0 radical (unpaired) electrons. The zero-order chi connectivity index (χ0) is 15.2. The summed E-state index contributed by atoms with van der Waals surface area (Å²) in [4.78, 5) is 4.38. The molecule has 2 rings (SSSR count). The smallest absolute Gasteiger partial charge is 0.191 e. The van der Waals surface area contributed by atoms with Crippen LogP contribution in [0, 0.1) is 3.57 Å². The highest BCUT2D eigenvalue weighted by molar-refractivity contribution is 14.1. The average Bonchev–Trinajstić information content (AvgIpc) is 2.47. The maximum Gasteiger partial charge on any atom is 0.191 e. The summed E-state index contributed by atoms with van der Waals surface area (Å²) in [7, 11) is 0. The number of fused-ring (bicyclic) bond motifs is 1. The third kappa shape index (κ3) is 4.18. The number of ether oxygens (including phenoxy) is 3. The second kappa shape index (κ2) is 8.12. The zero-order valence-electron chi connectivity index (χ0n) is 11.9. The molecule has 0 amide bonds. The monoisotopic (exact) mass is 421 g/mol. The lowest BCUT2D eigenvalue weighted by atomic mass is 10.2. The first-order valence-electron chi connectivity index (χ1n) is 6.76. The second-order valence-electron chi connectivity index (χ2n) is 4.22. The minimum absolute atomic E-state index is 0.311. The van der Waals surface area contributed by atoms with Gasteiger partial charge in [-0.1, -0.05) is 11.6 Å². The summed E-state index contributed by atoms with van der Waals surface area (Å²) in [6.07, 6.45) is 1.34. The van der Waals surface area contributed by atoms with Crippen LogP contribution in [-0.2, 0) is 9.47 Å². The van der Waals surface area contributed by atoms with E-state index < -0.39 is 0 Å². The van der Waals surface area contributed by atoms with Crippen LogP contribution in [0.5, 0.6) is 5.75 Å². The van der Waals surface area contributed by atoms with Crippen molar-refractivity contribution >= 4 is 45.1 Å². The lowest BCUT2D eigenvalue weighted by molar-refractivity contribution is -0.152. The lowest BCUT2D eigenvalue weighted by Crippen LogP contribution is -2.25. The number of benzene rings is 1. The fraction of sp³-hybridized carbons (Fsp3) is 0.400. The summed E-state index contributed by atoms with van der Waals surface area (Å²) >= 11 is 8.44. The zero-order valence-corrected chi connectivity index (χ0v) is 14.8. The van der Waals surface area contributed by atoms with Gasteiger partial charge in [-0.25, -0.2) is 0 Å². The van der Waals surface area contributed by atoms with Crippen LogP contribution < -0.4 is 4.74 Å². The van der Waals surface area contributed by atoms with Crippen molar-refractivity contribution in [3.63, 3.8) is 0 Å². The molecule has 0 N–H and O–H groups in total. The molecule has 0 saturated heterocycles. The topological polar surface area (TPSA) is 40.6 Å². The number of aromatic nitrogens is 1. The van der Waals surface area contributed by atoms with E-state index in [4.69, 9.17) is 25.8 Å². The Morgan fingerprint density at radius 3 is 2.67 bits per heavy atom. The molecule has 0 aliphatic heterocycles. The first-order chi connectivity index (χ1) is 10.2. The van der Waals surface area contributed by atoms with Crippen LogP contribution >= 0.6 is 34.2 Å².